The Morgan fingerprint density at radius 1 is 1.08 bits per heavy atom. The SMILES string of the molecule is COc1ccc(C[NH2+]Cc2cc3c(cc2[N+](=O)[O-])OCO3)c(OC)c1. The van der Waals surface area contributed by atoms with E-state index >= 15 is 0 Å². The topological polar surface area (TPSA) is 96.7 Å². The van der Waals surface area contributed by atoms with Crippen LogP contribution in [0, 0.1) is 10.1 Å². The van der Waals surface area contributed by atoms with Crippen LogP contribution in [-0.4, -0.2) is 25.9 Å². The summed E-state index contributed by atoms with van der Waals surface area (Å²) >= 11 is 0. The third-order valence-corrected chi connectivity index (χ3v) is 3.99. The van der Waals surface area contributed by atoms with Crippen LogP contribution in [0.5, 0.6) is 23.0 Å². The average Bonchev–Trinajstić information content (AvgIpc) is 3.08. The second kappa shape index (κ2) is 7.27. The first-order chi connectivity index (χ1) is 12.1. The van der Waals surface area contributed by atoms with Crippen LogP contribution >= 0.6 is 0 Å². The standard InChI is InChI=1S/C17H18N2O6/c1-22-13-4-3-11(15(6-13)23-2)8-18-9-12-5-16-17(25-10-24-16)7-14(12)19(20)21/h3-7,18H,8-10H2,1-2H3/p+1. The van der Waals surface area contributed by atoms with Gasteiger partial charge in [-0.3, -0.25) is 10.1 Å². The van der Waals surface area contributed by atoms with Crippen LogP contribution in [0.1, 0.15) is 11.1 Å². The lowest BCUT2D eigenvalue weighted by Gasteiger charge is -2.10. The number of hydrogen-bond acceptors (Lipinski definition) is 6. The Bertz CT molecular complexity index is 793. The smallest absolute Gasteiger partial charge is 0.282 e. The van der Waals surface area contributed by atoms with Gasteiger partial charge in [0, 0.05) is 11.6 Å². The molecule has 0 saturated carbocycles. The predicted molar refractivity (Wildman–Crippen MR) is 88.1 cm³/mol. The quantitative estimate of drug-likeness (QED) is 0.604. The van der Waals surface area contributed by atoms with Gasteiger partial charge in [0.1, 0.15) is 24.6 Å². The van der Waals surface area contributed by atoms with Crippen molar-refractivity contribution in [2.75, 3.05) is 21.0 Å². The highest BCUT2D eigenvalue weighted by atomic mass is 16.7. The lowest BCUT2D eigenvalue weighted by atomic mass is 10.1. The Labute approximate surface area is 144 Å². The average molecular weight is 347 g/mol. The number of nitrogens with zero attached hydrogens (tertiary/aromatic N) is 1. The van der Waals surface area contributed by atoms with Gasteiger partial charge in [-0.15, -0.1) is 0 Å². The summed E-state index contributed by atoms with van der Waals surface area (Å²) in [6.45, 7) is 1.13. The lowest BCUT2D eigenvalue weighted by Crippen LogP contribution is -2.80. The molecule has 8 heteroatoms. The second-order valence-corrected chi connectivity index (χ2v) is 5.47. The van der Waals surface area contributed by atoms with Crippen molar-refractivity contribution in [2.24, 2.45) is 0 Å². The second-order valence-electron chi connectivity index (χ2n) is 5.47. The fraction of sp³-hybridized carbons (Fsp3) is 0.294. The number of quaternary nitrogens is 1. The molecule has 0 atom stereocenters. The molecule has 0 amide bonds. The number of methoxy groups -OCH3 is 2. The molecule has 8 nitrogen and oxygen atoms in total. The highest BCUT2D eigenvalue weighted by Crippen LogP contribution is 2.37. The third kappa shape index (κ3) is 3.58. The minimum Gasteiger partial charge on any atom is -0.497 e. The zero-order valence-electron chi connectivity index (χ0n) is 14.0. The van der Waals surface area contributed by atoms with Gasteiger partial charge in [-0.05, 0) is 18.2 Å². The molecular weight excluding hydrogens is 328 g/mol. The molecule has 3 rings (SSSR count). The van der Waals surface area contributed by atoms with E-state index in [-0.39, 0.29) is 12.5 Å². The van der Waals surface area contributed by atoms with Crippen LogP contribution < -0.4 is 24.3 Å². The van der Waals surface area contributed by atoms with Crippen LogP contribution in [0.15, 0.2) is 30.3 Å². The molecular formula is C17H19N2O6+. The molecule has 0 unspecified atom stereocenters. The van der Waals surface area contributed by atoms with Gasteiger partial charge in [0.05, 0.1) is 30.8 Å². The van der Waals surface area contributed by atoms with Crippen molar-refractivity contribution in [1.29, 1.82) is 0 Å². The number of nitro benzene ring substituents is 1. The lowest BCUT2D eigenvalue weighted by molar-refractivity contribution is -0.686. The van der Waals surface area contributed by atoms with E-state index in [1.54, 1.807) is 20.3 Å². The first-order valence-electron chi connectivity index (χ1n) is 7.72. The van der Waals surface area contributed by atoms with E-state index in [0.29, 0.717) is 35.9 Å². The van der Waals surface area contributed by atoms with E-state index in [1.165, 1.54) is 6.07 Å². The zero-order chi connectivity index (χ0) is 17.8. The summed E-state index contributed by atoms with van der Waals surface area (Å²) in [4.78, 5) is 10.9. The van der Waals surface area contributed by atoms with E-state index < -0.39 is 4.92 Å². The van der Waals surface area contributed by atoms with Gasteiger partial charge in [0.15, 0.2) is 11.5 Å². The molecule has 132 valence electrons. The van der Waals surface area contributed by atoms with E-state index in [1.807, 2.05) is 23.5 Å². The minimum absolute atomic E-state index is 0.0298. The van der Waals surface area contributed by atoms with Crippen molar-refractivity contribution in [3.05, 3.63) is 51.6 Å². The van der Waals surface area contributed by atoms with E-state index in [9.17, 15) is 10.1 Å². The summed E-state index contributed by atoms with van der Waals surface area (Å²) in [5.74, 6) is 2.38. The first-order valence-corrected chi connectivity index (χ1v) is 7.72. The molecule has 0 aliphatic carbocycles. The number of nitro groups is 1. The largest absolute Gasteiger partial charge is 0.497 e. The molecule has 2 N–H and O–H groups in total. The first kappa shape index (κ1) is 16.8. The van der Waals surface area contributed by atoms with Crippen LogP contribution in [0.3, 0.4) is 0 Å². The normalized spacial score (nSPS) is 12.1. The maximum Gasteiger partial charge on any atom is 0.282 e. The fourth-order valence-electron chi connectivity index (χ4n) is 2.71. The molecule has 0 fully saturated rings. The summed E-state index contributed by atoms with van der Waals surface area (Å²) in [5.41, 5.74) is 1.59. The summed E-state index contributed by atoms with van der Waals surface area (Å²) in [5, 5.41) is 13.3. The molecule has 0 saturated heterocycles. The summed E-state index contributed by atoms with van der Waals surface area (Å²) in [6.07, 6.45) is 0. The predicted octanol–water partition coefficient (Wildman–Crippen LogP) is 1.60. The van der Waals surface area contributed by atoms with Crippen molar-refractivity contribution in [1.82, 2.24) is 0 Å². The van der Waals surface area contributed by atoms with Crippen molar-refractivity contribution in [3.8, 4) is 23.0 Å². The number of hydrogen-bond donors (Lipinski definition) is 1. The number of rotatable bonds is 7. The van der Waals surface area contributed by atoms with Crippen molar-refractivity contribution >= 4 is 5.69 Å². The molecule has 0 bridgehead atoms. The number of nitrogens with two attached hydrogens (primary N) is 1. The van der Waals surface area contributed by atoms with Gasteiger partial charge in [-0.25, -0.2) is 0 Å². The maximum atomic E-state index is 11.3. The third-order valence-electron chi connectivity index (χ3n) is 3.99. The van der Waals surface area contributed by atoms with E-state index in [4.69, 9.17) is 18.9 Å². The molecule has 1 heterocycles. The van der Waals surface area contributed by atoms with Crippen molar-refractivity contribution in [2.45, 2.75) is 13.1 Å². The molecule has 25 heavy (non-hydrogen) atoms. The number of benzene rings is 2. The van der Waals surface area contributed by atoms with Gasteiger partial charge in [-0.2, -0.15) is 0 Å². The molecule has 2 aromatic rings. The Kier molecular flexibility index (Phi) is 4.90. The molecule has 1 aliphatic heterocycles. The van der Waals surface area contributed by atoms with Crippen LogP contribution in [0.2, 0.25) is 0 Å². The minimum atomic E-state index is -0.404. The van der Waals surface area contributed by atoms with Crippen LogP contribution in [0.25, 0.3) is 0 Å². The van der Waals surface area contributed by atoms with Crippen molar-refractivity contribution in [3.63, 3.8) is 0 Å². The summed E-state index contributed by atoms with van der Waals surface area (Å²) in [7, 11) is 3.19. The molecule has 0 radical (unpaired) electrons. The van der Waals surface area contributed by atoms with E-state index in [0.717, 1.165) is 11.3 Å². The van der Waals surface area contributed by atoms with E-state index in [2.05, 4.69) is 0 Å². The molecule has 0 aromatic heterocycles. The van der Waals surface area contributed by atoms with Gasteiger partial charge < -0.3 is 24.3 Å². The highest BCUT2D eigenvalue weighted by molar-refractivity contribution is 5.54. The monoisotopic (exact) mass is 347 g/mol. The Balaban J connectivity index is 1.73. The number of fused-ring (bicyclic) bond motifs is 1. The van der Waals surface area contributed by atoms with Crippen LogP contribution in [-0.2, 0) is 13.1 Å². The Morgan fingerprint density at radius 3 is 2.48 bits per heavy atom. The van der Waals surface area contributed by atoms with Gasteiger partial charge in [0.2, 0.25) is 6.79 Å². The van der Waals surface area contributed by atoms with Crippen molar-refractivity contribution < 1.29 is 29.2 Å². The molecule has 0 spiro atoms. The highest BCUT2D eigenvalue weighted by Gasteiger charge is 2.24. The van der Waals surface area contributed by atoms with Gasteiger partial charge in [-0.1, -0.05) is 0 Å². The summed E-state index contributed by atoms with van der Waals surface area (Å²) in [6, 6.07) is 8.67. The Morgan fingerprint density at radius 2 is 1.80 bits per heavy atom. The zero-order valence-corrected chi connectivity index (χ0v) is 14.0. The molecule has 1 aliphatic rings. The molecule has 2 aromatic carbocycles. The Hall–Kier alpha value is -3.00. The van der Waals surface area contributed by atoms with Gasteiger partial charge in [0.25, 0.3) is 5.69 Å². The van der Waals surface area contributed by atoms with Crippen LogP contribution in [0.4, 0.5) is 5.69 Å². The van der Waals surface area contributed by atoms with Gasteiger partial charge >= 0.3 is 0 Å². The number of ether oxygens (including phenoxy) is 4. The maximum absolute atomic E-state index is 11.3. The fourth-order valence-corrected chi connectivity index (χ4v) is 2.71. The summed E-state index contributed by atoms with van der Waals surface area (Å²) < 4.78 is 21.1.